The predicted molar refractivity (Wildman–Crippen MR) is 85.4 cm³/mol. The summed E-state index contributed by atoms with van der Waals surface area (Å²) in [4.78, 5) is 11.6. The molecule has 116 valence electrons. The van der Waals surface area contributed by atoms with Gasteiger partial charge in [0.05, 0.1) is 6.61 Å². The number of cyclic esters (lactones) is 1. The highest BCUT2D eigenvalue weighted by Crippen LogP contribution is 2.30. The molecule has 0 bridgehead atoms. The monoisotopic (exact) mass is 355 g/mol. The van der Waals surface area contributed by atoms with Crippen LogP contribution in [0.3, 0.4) is 0 Å². The van der Waals surface area contributed by atoms with Crippen molar-refractivity contribution in [1.29, 1.82) is 0 Å². The number of benzene rings is 1. The molecule has 1 atom stereocenters. The molecule has 1 unspecified atom stereocenters. The van der Waals surface area contributed by atoms with Crippen molar-refractivity contribution in [2.75, 3.05) is 13.2 Å². The molecule has 0 aliphatic carbocycles. The average molecular weight is 356 g/mol. The lowest BCUT2D eigenvalue weighted by Gasteiger charge is -2.18. The Hall–Kier alpha value is -1.07. The molecule has 1 aliphatic rings. The van der Waals surface area contributed by atoms with Gasteiger partial charge in [0.1, 0.15) is 5.75 Å². The molecule has 1 heterocycles. The molecule has 0 saturated carbocycles. The minimum Gasteiger partial charge on any atom is -0.478 e. The maximum atomic E-state index is 11.6. The maximum absolute atomic E-state index is 11.6. The highest BCUT2D eigenvalue weighted by molar-refractivity contribution is 9.10. The number of nitrogens with one attached hydrogen (secondary N) is 1. The molecule has 1 aromatic carbocycles. The van der Waals surface area contributed by atoms with Crippen molar-refractivity contribution in [1.82, 2.24) is 5.32 Å². The average Bonchev–Trinajstić information content (AvgIpc) is 2.78. The van der Waals surface area contributed by atoms with Gasteiger partial charge in [-0.1, -0.05) is 29.8 Å². The van der Waals surface area contributed by atoms with Gasteiger partial charge in [-0.05, 0) is 37.1 Å². The van der Waals surface area contributed by atoms with E-state index in [1.807, 2.05) is 19.1 Å². The van der Waals surface area contributed by atoms with Gasteiger partial charge in [0.2, 0.25) is 0 Å². The molecule has 21 heavy (non-hydrogen) atoms. The van der Waals surface area contributed by atoms with Crippen LogP contribution in [-0.4, -0.2) is 25.2 Å². The number of aryl methyl sites for hydroxylation is 1. The van der Waals surface area contributed by atoms with E-state index in [4.69, 9.17) is 9.47 Å². The van der Waals surface area contributed by atoms with Gasteiger partial charge in [-0.2, -0.15) is 0 Å². The van der Waals surface area contributed by atoms with E-state index in [0.717, 1.165) is 34.4 Å². The van der Waals surface area contributed by atoms with Crippen LogP contribution in [0.2, 0.25) is 0 Å². The molecule has 2 rings (SSSR count). The normalized spacial score (nSPS) is 18.1. The van der Waals surface area contributed by atoms with Crippen LogP contribution >= 0.6 is 15.9 Å². The second kappa shape index (κ2) is 7.27. The Morgan fingerprint density at radius 1 is 1.48 bits per heavy atom. The van der Waals surface area contributed by atoms with Gasteiger partial charge < -0.3 is 14.8 Å². The molecule has 0 spiro atoms. The number of hydrogen-bond donors (Lipinski definition) is 1. The van der Waals surface area contributed by atoms with E-state index in [-0.39, 0.29) is 5.97 Å². The summed E-state index contributed by atoms with van der Waals surface area (Å²) in [5.41, 5.74) is 2.08. The van der Waals surface area contributed by atoms with Gasteiger partial charge >= 0.3 is 5.97 Å². The number of halogens is 1. The molecule has 1 aliphatic heterocycles. The summed E-state index contributed by atoms with van der Waals surface area (Å²) >= 11 is 3.52. The topological polar surface area (TPSA) is 47.6 Å². The van der Waals surface area contributed by atoms with Crippen LogP contribution in [0.4, 0.5) is 0 Å². The number of rotatable bonds is 6. The van der Waals surface area contributed by atoms with Crippen molar-refractivity contribution >= 4 is 21.9 Å². The van der Waals surface area contributed by atoms with Crippen LogP contribution in [0.5, 0.6) is 5.75 Å². The molecular formula is C16H22BrNO3. The summed E-state index contributed by atoms with van der Waals surface area (Å²) in [5.74, 6) is 1.11. The van der Waals surface area contributed by atoms with E-state index in [1.165, 1.54) is 0 Å². The highest BCUT2D eigenvalue weighted by Gasteiger charge is 2.29. The maximum Gasteiger partial charge on any atom is 0.347 e. The fourth-order valence-electron chi connectivity index (χ4n) is 2.32. The molecule has 4 nitrogen and oxygen atoms in total. The van der Waals surface area contributed by atoms with Gasteiger partial charge in [-0.3, -0.25) is 0 Å². The van der Waals surface area contributed by atoms with Crippen molar-refractivity contribution in [2.45, 2.75) is 39.8 Å². The van der Waals surface area contributed by atoms with Crippen LogP contribution in [0.1, 0.15) is 31.4 Å². The summed E-state index contributed by atoms with van der Waals surface area (Å²) < 4.78 is 11.9. The zero-order valence-corrected chi connectivity index (χ0v) is 14.3. The molecule has 1 fully saturated rings. The van der Waals surface area contributed by atoms with Crippen LogP contribution in [0.25, 0.3) is 0 Å². The molecule has 0 radical (unpaired) electrons. The largest absolute Gasteiger partial charge is 0.478 e. The van der Waals surface area contributed by atoms with E-state index in [2.05, 4.69) is 35.1 Å². The molecule has 0 amide bonds. The van der Waals surface area contributed by atoms with Crippen molar-refractivity contribution in [3.63, 3.8) is 0 Å². The third-order valence-corrected chi connectivity index (χ3v) is 3.79. The van der Waals surface area contributed by atoms with Crippen molar-refractivity contribution in [3.05, 3.63) is 27.7 Å². The van der Waals surface area contributed by atoms with Crippen LogP contribution < -0.4 is 10.1 Å². The zero-order chi connectivity index (χ0) is 15.4. The Morgan fingerprint density at radius 3 is 2.86 bits per heavy atom. The molecule has 5 heteroatoms. The summed E-state index contributed by atoms with van der Waals surface area (Å²) in [7, 11) is 0. The standard InChI is InChI=1S/C16H22BrNO3/c1-10(2)8-18-9-12-7-13(17)6-11(3)15(12)21-14-4-5-20-16(14)19/h6-7,10,14,18H,4-5,8-9H2,1-3H3. The van der Waals surface area contributed by atoms with Crippen LogP contribution in [-0.2, 0) is 16.1 Å². The van der Waals surface area contributed by atoms with Crippen LogP contribution in [0.15, 0.2) is 16.6 Å². The lowest BCUT2D eigenvalue weighted by atomic mass is 10.1. The molecular weight excluding hydrogens is 334 g/mol. The van der Waals surface area contributed by atoms with Gasteiger partial charge in [-0.15, -0.1) is 0 Å². The Labute approximate surface area is 134 Å². The van der Waals surface area contributed by atoms with Gasteiger partial charge in [0, 0.05) is 23.0 Å². The third-order valence-electron chi connectivity index (χ3n) is 3.33. The SMILES string of the molecule is Cc1cc(Br)cc(CNCC(C)C)c1OC1CCOC1=O. The lowest BCUT2D eigenvalue weighted by molar-refractivity contribution is -0.143. The fourth-order valence-corrected chi connectivity index (χ4v) is 2.94. The summed E-state index contributed by atoms with van der Waals surface area (Å²) in [5, 5.41) is 3.42. The van der Waals surface area contributed by atoms with Gasteiger partial charge in [-0.25, -0.2) is 4.79 Å². The predicted octanol–water partition coefficient (Wildman–Crippen LogP) is 3.20. The Morgan fingerprint density at radius 2 is 2.24 bits per heavy atom. The summed E-state index contributed by atoms with van der Waals surface area (Å²) in [6.07, 6.45) is 0.140. The van der Waals surface area contributed by atoms with E-state index < -0.39 is 6.10 Å². The highest BCUT2D eigenvalue weighted by atomic mass is 79.9. The first kappa shape index (κ1) is 16.3. The number of carbonyl (C=O) groups excluding carboxylic acids is 1. The first-order valence-corrected chi connectivity index (χ1v) is 8.09. The quantitative estimate of drug-likeness (QED) is 0.796. The van der Waals surface area contributed by atoms with E-state index in [9.17, 15) is 4.79 Å². The minimum absolute atomic E-state index is 0.265. The molecule has 1 N–H and O–H groups in total. The van der Waals surface area contributed by atoms with E-state index in [1.54, 1.807) is 0 Å². The fraction of sp³-hybridized carbons (Fsp3) is 0.562. The lowest BCUT2D eigenvalue weighted by Crippen LogP contribution is -2.24. The number of esters is 1. The molecule has 1 aromatic rings. The molecule has 0 aromatic heterocycles. The Bertz CT molecular complexity index is 516. The second-order valence-electron chi connectivity index (χ2n) is 5.80. The van der Waals surface area contributed by atoms with Crippen molar-refractivity contribution in [3.8, 4) is 5.75 Å². The first-order chi connectivity index (χ1) is 9.97. The molecule has 1 saturated heterocycles. The van der Waals surface area contributed by atoms with Crippen molar-refractivity contribution in [2.24, 2.45) is 5.92 Å². The second-order valence-corrected chi connectivity index (χ2v) is 6.71. The third kappa shape index (κ3) is 4.45. The van der Waals surface area contributed by atoms with Crippen LogP contribution in [0, 0.1) is 12.8 Å². The van der Waals surface area contributed by atoms with Gasteiger partial charge in [0.15, 0.2) is 6.10 Å². The zero-order valence-electron chi connectivity index (χ0n) is 12.7. The first-order valence-electron chi connectivity index (χ1n) is 7.30. The smallest absolute Gasteiger partial charge is 0.347 e. The minimum atomic E-state index is -0.478. The summed E-state index contributed by atoms with van der Waals surface area (Å²) in [6.45, 7) is 8.44. The Kier molecular flexibility index (Phi) is 5.65. The van der Waals surface area contributed by atoms with Gasteiger partial charge in [0.25, 0.3) is 0 Å². The van der Waals surface area contributed by atoms with E-state index >= 15 is 0 Å². The Balaban J connectivity index is 2.15. The number of ether oxygens (including phenoxy) is 2. The number of carbonyl (C=O) groups is 1. The number of hydrogen-bond acceptors (Lipinski definition) is 4. The van der Waals surface area contributed by atoms with E-state index in [0.29, 0.717) is 18.9 Å². The summed E-state index contributed by atoms with van der Waals surface area (Å²) in [6, 6.07) is 4.04. The van der Waals surface area contributed by atoms with Crippen molar-refractivity contribution < 1.29 is 14.3 Å².